The van der Waals surface area contributed by atoms with Gasteiger partial charge in [0.15, 0.2) is 0 Å². The Hall–Kier alpha value is -2.12. The molecule has 0 aromatic carbocycles. The second-order valence-electron chi connectivity index (χ2n) is 10.2. The average molecular weight is 457 g/mol. The van der Waals surface area contributed by atoms with E-state index in [0.717, 1.165) is 38.5 Å². The van der Waals surface area contributed by atoms with Gasteiger partial charge in [-0.1, -0.05) is 51.4 Å². The van der Waals surface area contributed by atoms with Gasteiger partial charge in [0, 0.05) is 13.1 Å². The Kier molecular flexibility index (Phi) is 14.6. The lowest BCUT2D eigenvalue weighted by molar-refractivity contribution is -0.147. The maximum absolute atomic E-state index is 11.6. The van der Waals surface area contributed by atoms with Crippen LogP contribution in [0.2, 0.25) is 0 Å². The van der Waals surface area contributed by atoms with Crippen LogP contribution in [0.5, 0.6) is 0 Å². The summed E-state index contributed by atoms with van der Waals surface area (Å²) in [6, 6.07) is 0. The van der Waals surface area contributed by atoms with Crippen molar-refractivity contribution in [2.45, 2.75) is 106 Å². The highest BCUT2D eigenvalue weighted by atomic mass is 16.6. The van der Waals surface area contributed by atoms with Crippen LogP contribution in [0.15, 0.2) is 0 Å². The molecule has 0 bridgehead atoms. The Morgan fingerprint density at radius 3 is 1.00 bits per heavy atom. The zero-order valence-electron chi connectivity index (χ0n) is 20.9. The minimum atomic E-state index is -0.685. The predicted molar refractivity (Wildman–Crippen MR) is 124 cm³/mol. The van der Waals surface area contributed by atoms with E-state index in [1.165, 1.54) is 25.7 Å². The molecule has 0 heterocycles. The summed E-state index contributed by atoms with van der Waals surface area (Å²) in [5.41, 5.74) is -1.37. The number of esters is 2. The van der Waals surface area contributed by atoms with Gasteiger partial charge in [-0.2, -0.15) is 0 Å². The monoisotopic (exact) mass is 456 g/mol. The highest BCUT2D eigenvalue weighted by Gasteiger charge is 2.26. The van der Waals surface area contributed by atoms with Crippen molar-refractivity contribution < 1.29 is 28.7 Å². The van der Waals surface area contributed by atoms with E-state index in [1.54, 1.807) is 41.5 Å². The summed E-state index contributed by atoms with van der Waals surface area (Å²) < 4.78 is 9.46. The van der Waals surface area contributed by atoms with Crippen LogP contribution in [0.25, 0.3) is 0 Å². The molecule has 0 aromatic heterocycles. The normalized spacial score (nSPS) is 11.6. The molecule has 0 fully saturated rings. The molecule has 8 nitrogen and oxygen atoms in total. The Bertz CT molecular complexity index is 538. The van der Waals surface area contributed by atoms with Crippen LogP contribution in [-0.4, -0.2) is 37.2 Å². The van der Waals surface area contributed by atoms with E-state index in [4.69, 9.17) is 9.47 Å². The molecule has 2 N–H and O–H groups in total. The zero-order chi connectivity index (χ0) is 24.6. The van der Waals surface area contributed by atoms with Crippen molar-refractivity contribution in [1.82, 2.24) is 10.6 Å². The van der Waals surface area contributed by atoms with Crippen molar-refractivity contribution >= 4 is 24.1 Å². The Morgan fingerprint density at radius 2 is 0.750 bits per heavy atom. The Labute approximate surface area is 193 Å². The standard InChI is InChI=1S/C24H44N2O6/c1-23(2,3)19(27)31-21(29)25-17-15-13-11-9-7-8-10-12-14-16-18-26-22(30)32-20(28)24(4,5)6/h7-18H2,1-6H3,(H,25,29)(H,26,30). The molecule has 0 rings (SSSR count). The van der Waals surface area contributed by atoms with Gasteiger partial charge in [0.2, 0.25) is 0 Å². The molecule has 2 amide bonds. The largest absolute Gasteiger partial charge is 0.414 e. The van der Waals surface area contributed by atoms with Crippen molar-refractivity contribution in [2.75, 3.05) is 13.1 Å². The van der Waals surface area contributed by atoms with Crippen LogP contribution in [0.4, 0.5) is 9.59 Å². The summed E-state index contributed by atoms with van der Waals surface area (Å²) in [6.45, 7) is 11.3. The van der Waals surface area contributed by atoms with E-state index in [9.17, 15) is 19.2 Å². The summed E-state index contributed by atoms with van der Waals surface area (Å²) in [4.78, 5) is 46.2. The number of hydrogen-bond donors (Lipinski definition) is 2. The lowest BCUT2D eigenvalue weighted by Crippen LogP contribution is -2.32. The SMILES string of the molecule is CC(C)(C)C(=O)OC(=O)NCCCCCCCCCCCCNC(=O)OC(=O)C(C)(C)C. The van der Waals surface area contributed by atoms with E-state index in [0.29, 0.717) is 13.1 Å². The van der Waals surface area contributed by atoms with Gasteiger partial charge >= 0.3 is 24.1 Å². The number of unbranched alkanes of at least 4 members (excludes halogenated alkanes) is 9. The van der Waals surface area contributed by atoms with Crippen molar-refractivity contribution in [3.05, 3.63) is 0 Å². The smallest absolute Gasteiger partial charge is 0.376 e. The first kappa shape index (κ1) is 29.9. The topological polar surface area (TPSA) is 111 Å². The first-order chi connectivity index (χ1) is 14.8. The van der Waals surface area contributed by atoms with Gasteiger partial charge in [0.25, 0.3) is 0 Å². The third-order valence-corrected chi connectivity index (χ3v) is 4.74. The number of rotatable bonds is 13. The summed E-state index contributed by atoms with van der Waals surface area (Å²) in [5, 5.41) is 5.22. The summed E-state index contributed by atoms with van der Waals surface area (Å²) >= 11 is 0. The molecule has 0 aromatic rings. The van der Waals surface area contributed by atoms with Crippen LogP contribution in [-0.2, 0) is 19.1 Å². The molecule has 0 aliphatic heterocycles. The molecule has 32 heavy (non-hydrogen) atoms. The minimum absolute atomic E-state index is 0.516. The highest BCUT2D eigenvalue weighted by Crippen LogP contribution is 2.16. The Morgan fingerprint density at radius 1 is 0.500 bits per heavy atom. The van der Waals surface area contributed by atoms with E-state index in [-0.39, 0.29) is 0 Å². The van der Waals surface area contributed by atoms with E-state index in [1.807, 2.05) is 0 Å². The third-order valence-electron chi connectivity index (χ3n) is 4.74. The second-order valence-corrected chi connectivity index (χ2v) is 10.2. The number of hydrogen-bond acceptors (Lipinski definition) is 6. The highest BCUT2D eigenvalue weighted by molar-refractivity contribution is 5.87. The number of nitrogens with one attached hydrogen (secondary N) is 2. The van der Waals surface area contributed by atoms with Crippen molar-refractivity contribution in [2.24, 2.45) is 10.8 Å². The van der Waals surface area contributed by atoms with Gasteiger partial charge in [-0.15, -0.1) is 0 Å². The van der Waals surface area contributed by atoms with E-state index >= 15 is 0 Å². The quantitative estimate of drug-likeness (QED) is 0.215. The van der Waals surface area contributed by atoms with Gasteiger partial charge in [-0.3, -0.25) is 9.59 Å². The maximum Gasteiger partial charge on any atom is 0.414 e. The van der Waals surface area contributed by atoms with Crippen LogP contribution < -0.4 is 10.6 Å². The zero-order valence-corrected chi connectivity index (χ0v) is 20.9. The number of ether oxygens (including phenoxy) is 2. The van der Waals surface area contributed by atoms with Gasteiger partial charge in [-0.25, -0.2) is 9.59 Å². The van der Waals surface area contributed by atoms with E-state index < -0.39 is 35.0 Å². The maximum atomic E-state index is 11.6. The summed E-state index contributed by atoms with van der Waals surface area (Å²) in [7, 11) is 0. The van der Waals surface area contributed by atoms with Gasteiger partial charge in [0.05, 0.1) is 10.8 Å². The molecule has 0 aliphatic rings. The lowest BCUT2D eigenvalue weighted by atomic mass is 9.97. The van der Waals surface area contributed by atoms with Crippen LogP contribution in [0.3, 0.4) is 0 Å². The van der Waals surface area contributed by atoms with Crippen molar-refractivity contribution in [3.8, 4) is 0 Å². The van der Waals surface area contributed by atoms with Gasteiger partial charge in [0.1, 0.15) is 0 Å². The van der Waals surface area contributed by atoms with Gasteiger partial charge in [-0.05, 0) is 54.4 Å². The molecule has 0 unspecified atom stereocenters. The first-order valence-corrected chi connectivity index (χ1v) is 11.8. The fraction of sp³-hybridized carbons (Fsp3) is 0.833. The molecule has 8 heteroatoms. The average Bonchev–Trinajstić information content (AvgIpc) is 2.66. The molecule has 0 spiro atoms. The first-order valence-electron chi connectivity index (χ1n) is 11.8. The van der Waals surface area contributed by atoms with Crippen LogP contribution in [0, 0.1) is 10.8 Å². The van der Waals surface area contributed by atoms with E-state index in [2.05, 4.69) is 10.6 Å². The fourth-order valence-electron chi connectivity index (χ4n) is 2.59. The molecular weight excluding hydrogens is 412 g/mol. The van der Waals surface area contributed by atoms with Crippen molar-refractivity contribution in [3.63, 3.8) is 0 Å². The molecule has 0 saturated heterocycles. The second kappa shape index (κ2) is 15.6. The van der Waals surface area contributed by atoms with Crippen LogP contribution in [0.1, 0.15) is 106 Å². The predicted octanol–water partition coefficient (Wildman–Crippen LogP) is 5.49. The minimum Gasteiger partial charge on any atom is -0.376 e. The number of carbonyl (C=O) groups is 4. The molecule has 0 saturated carbocycles. The Balaban J connectivity index is 3.43. The number of alkyl carbamates (subject to hydrolysis) is 2. The number of carbonyl (C=O) groups excluding carboxylic acids is 4. The number of amides is 2. The molecule has 0 radical (unpaired) electrons. The molecule has 0 atom stereocenters. The molecular formula is C24H44N2O6. The lowest BCUT2D eigenvalue weighted by Gasteiger charge is -2.15. The van der Waals surface area contributed by atoms with Gasteiger partial charge < -0.3 is 20.1 Å². The van der Waals surface area contributed by atoms with Crippen molar-refractivity contribution in [1.29, 1.82) is 0 Å². The molecule has 0 aliphatic carbocycles. The van der Waals surface area contributed by atoms with Crippen LogP contribution >= 0.6 is 0 Å². The third kappa shape index (κ3) is 16.6. The summed E-state index contributed by atoms with van der Waals surface area (Å²) in [5.74, 6) is -1.05. The summed E-state index contributed by atoms with van der Waals surface area (Å²) in [6.07, 6.45) is 9.43. The fourth-order valence-corrected chi connectivity index (χ4v) is 2.59. The molecule has 186 valence electrons.